The van der Waals surface area contributed by atoms with E-state index in [1.165, 1.54) is 6.07 Å². The van der Waals surface area contributed by atoms with Crippen molar-refractivity contribution >= 4 is 5.91 Å². The number of amides is 1. The second-order valence-electron chi connectivity index (χ2n) is 7.02. The largest absolute Gasteiger partial charge is 0.483 e. The van der Waals surface area contributed by atoms with E-state index < -0.39 is 17.6 Å². The fraction of sp³-hybridized carbons (Fsp3) is 0.217. The molecule has 0 saturated carbocycles. The monoisotopic (exact) mass is 430 g/mol. The van der Waals surface area contributed by atoms with Crippen LogP contribution in [0.1, 0.15) is 32.9 Å². The summed E-state index contributed by atoms with van der Waals surface area (Å²) in [5, 5.41) is 2.65. The molecule has 0 aliphatic heterocycles. The molecule has 162 valence electrons. The van der Waals surface area contributed by atoms with Crippen molar-refractivity contribution in [2.75, 3.05) is 0 Å². The zero-order chi connectivity index (χ0) is 22.6. The average Bonchev–Trinajstić information content (AvgIpc) is 2.74. The molecule has 31 heavy (non-hydrogen) atoms. The number of aryl methyl sites for hydroxylation is 1. The van der Waals surface area contributed by atoms with Gasteiger partial charge in [0, 0.05) is 24.4 Å². The maximum absolute atomic E-state index is 12.7. The Hall–Kier alpha value is -3.55. The van der Waals surface area contributed by atoms with Gasteiger partial charge in [-0.1, -0.05) is 30.3 Å². The summed E-state index contributed by atoms with van der Waals surface area (Å²) >= 11 is 0. The van der Waals surface area contributed by atoms with Crippen LogP contribution in [0.4, 0.5) is 13.2 Å². The molecule has 3 aromatic rings. The lowest BCUT2D eigenvalue weighted by molar-refractivity contribution is -0.137. The Morgan fingerprint density at radius 2 is 1.71 bits per heavy atom. The van der Waals surface area contributed by atoms with Crippen LogP contribution in [0.25, 0.3) is 0 Å². The molecule has 3 rings (SSSR count). The normalized spacial score (nSPS) is 11.3. The number of hydrogen-bond acceptors (Lipinski definition) is 3. The molecule has 2 aromatic carbocycles. The molecule has 0 atom stereocenters. The molecule has 0 unspecified atom stereocenters. The van der Waals surface area contributed by atoms with Crippen molar-refractivity contribution in [1.29, 1.82) is 0 Å². The first-order valence-corrected chi connectivity index (χ1v) is 9.48. The molecule has 0 spiro atoms. The molecule has 1 aromatic heterocycles. The van der Waals surface area contributed by atoms with Crippen LogP contribution in [0, 0.1) is 6.92 Å². The van der Waals surface area contributed by atoms with Gasteiger partial charge in [0.05, 0.1) is 17.8 Å². The molecule has 0 radical (unpaired) electrons. The molecule has 1 amide bonds. The Morgan fingerprint density at radius 3 is 2.32 bits per heavy atom. The zero-order valence-corrected chi connectivity index (χ0v) is 17.0. The molecular formula is C23H21F3N2O3. The number of ether oxygens (including phenoxy) is 1. The number of benzene rings is 2. The molecule has 1 N–H and O–H groups in total. The van der Waals surface area contributed by atoms with Crippen LogP contribution in [-0.2, 0) is 26.4 Å². The Morgan fingerprint density at radius 1 is 1.06 bits per heavy atom. The van der Waals surface area contributed by atoms with E-state index in [1.807, 2.05) is 30.3 Å². The Kier molecular flexibility index (Phi) is 6.48. The van der Waals surface area contributed by atoms with Gasteiger partial charge in [-0.25, -0.2) is 0 Å². The Bertz CT molecular complexity index is 1120. The van der Waals surface area contributed by atoms with Gasteiger partial charge in [0.25, 0.3) is 5.91 Å². The van der Waals surface area contributed by atoms with Crippen molar-refractivity contribution in [2.24, 2.45) is 7.05 Å². The topological polar surface area (TPSA) is 60.3 Å². The van der Waals surface area contributed by atoms with E-state index in [9.17, 15) is 22.8 Å². The first-order chi connectivity index (χ1) is 14.7. The minimum atomic E-state index is -4.47. The maximum Gasteiger partial charge on any atom is 0.416 e. The number of alkyl halides is 3. The molecule has 0 aliphatic carbocycles. The fourth-order valence-electron chi connectivity index (χ4n) is 3.02. The number of nitrogens with zero attached hydrogens (tertiary/aromatic N) is 1. The SMILES string of the molecule is Cc1cc(=O)c(OCc2ccccc2)c(CNC(=O)c2ccc(C(F)(F)F)cc2)n1C. The third-order valence-electron chi connectivity index (χ3n) is 4.88. The third-order valence-corrected chi connectivity index (χ3v) is 4.88. The molecule has 0 bridgehead atoms. The predicted molar refractivity (Wildman–Crippen MR) is 110 cm³/mol. The number of nitrogens with one attached hydrogen (secondary N) is 1. The second kappa shape index (κ2) is 9.07. The zero-order valence-electron chi connectivity index (χ0n) is 17.0. The lowest BCUT2D eigenvalue weighted by Gasteiger charge is -2.18. The number of pyridine rings is 1. The van der Waals surface area contributed by atoms with Crippen molar-refractivity contribution in [3.8, 4) is 5.75 Å². The van der Waals surface area contributed by atoms with E-state index in [0.29, 0.717) is 11.4 Å². The van der Waals surface area contributed by atoms with E-state index in [4.69, 9.17) is 4.74 Å². The third kappa shape index (κ3) is 5.33. The fourth-order valence-corrected chi connectivity index (χ4v) is 3.02. The van der Waals surface area contributed by atoms with Crippen molar-refractivity contribution in [3.05, 3.63) is 99.0 Å². The van der Waals surface area contributed by atoms with Crippen LogP contribution in [0.5, 0.6) is 5.75 Å². The minimum absolute atomic E-state index is 0.0304. The first kappa shape index (κ1) is 22.1. The molecule has 8 heteroatoms. The summed E-state index contributed by atoms with van der Waals surface area (Å²) in [5.41, 5.74) is 0.950. The minimum Gasteiger partial charge on any atom is -0.483 e. The van der Waals surface area contributed by atoms with Gasteiger partial charge in [-0.05, 0) is 36.8 Å². The molecule has 0 aliphatic rings. The van der Waals surface area contributed by atoms with Crippen LogP contribution in [-0.4, -0.2) is 10.5 Å². The molecule has 0 fully saturated rings. The summed E-state index contributed by atoms with van der Waals surface area (Å²) in [5.74, 6) is -0.443. The summed E-state index contributed by atoms with van der Waals surface area (Å²) in [6.45, 7) is 1.90. The first-order valence-electron chi connectivity index (χ1n) is 9.48. The maximum atomic E-state index is 12.7. The van der Waals surface area contributed by atoms with Gasteiger partial charge >= 0.3 is 6.18 Å². The van der Waals surface area contributed by atoms with Gasteiger partial charge in [-0.3, -0.25) is 9.59 Å². The number of aromatic nitrogens is 1. The second-order valence-corrected chi connectivity index (χ2v) is 7.02. The van der Waals surface area contributed by atoms with E-state index in [2.05, 4.69) is 5.32 Å². The van der Waals surface area contributed by atoms with Gasteiger partial charge in [-0.2, -0.15) is 13.2 Å². The Balaban J connectivity index is 1.78. The summed E-state index contributed by atoms with van der Waals surface area (Å²) in [6, 6.07) is 14.7. The van der Waals surface area contributed by atoms with Crippen molar-refractivity contribution in [2.45, 2.75) is 26.3 Å². The number of halogens is 3. The highest BCUT2D eigenvalue weighted by molar-refractivity contribution is 5.94. The van der Waals surface area contributed by atoms with Gasteiger partial charge in [0.2, 0.25) is 5.43 Å². The van der Waals surface area contributed by atoms with E-state index >= 15 is 0 Å². The summed E-state index contributed by atoms with van der Waals surface area (Å²) in [6.07, 6.45) is -4.47. The van der Waals surface area contributed by atoms with Crippen LogP contribution < -0.4 is 15.5 Å². The van der Waals surface area contributed by atoms with Gasteiger partial charge in [0.1, 0.15) is 6.61 Å². The predicted octanol–water partition coefficient (Wildman–Crippen LogP) is 4.22. The lowest BCUT2D eigenvalue weighted by atomic mass is 10.1. The molecule has 5 nitrogen and oxygen atoms in total. The standard InChI is InChI=1S/C23H21F3N2O3/c1-15-12-20(29)21(31-14-16-6-4-3-5-7-16)19(28(15)2)13-27-22(30)17-8-10-18(11-9-17)23(24,25)26/h3-12H,13-14H2,1-2H3,(H,27,30). The molecule has 0 saturated heterocycles. The summed E-state index contributed by atoms with van der Waals surface area (Å²) in [7, 11) is 1.74. The number of carbonyl (C=O) groups excluding carboxylic acids is 1. The van der Waals surface area contributed by atoms with Gasteiger partial charge in [0.15, 0.2) is 5.75 Å². The highest BCUT2D eigenvalue weighted by atomic mass is 19.4. The van der Waals surface area contributed by atoms with Gasteiger partial charge in [-0.15, -0.1) is 0 Å². The van der Waals surface area contributed by atoms with Crippen molar-refractivity contribution < 1.29 is 22.7 Å². The van der Waals surface area contributed by atoms with E-state index in [1.54, 1.807) is 18.5 Å². The Labute approximate surface area is 177 Å². The van der Waals surface area contributed by atoms with E-state index in [0.717, 1.165) is 29.8 Å². The summed E-state index contributed by atoms with van der Waals surface area (Å²) < 4.78 is 45.6. The average molecular weight is 430 g/mol. The number of rotatable bonds is 6. The molecular weight excluding hydrogens is 409 g/mol. The van der Waals surface area contributed by atoms with Crippen LogP contribution in [0.3, 0.4) is 0 Å². The van der Waals surface area contributed by atoms with Gasteiger partial charge < -0.3 is 14.6 Å². The van der Waals surface area contributed by atoms with Crippen molar-refractivity contribution in [1.82, 2.24) is 9.88 Å². The summed E-state index contributed by atoms with van der Waals surface area (Å²) in [4.78, 5) is 25.0. The van der Waals surface area contributed by atoms with Crippen LogP contribution in [0.2, 0.25) is 0 Å². The molecule has 1 heterocycles. The highest BCUT2D eigenvalue weighted by Crippen LogP contribution is 2.29. The van der Waals surface area contributed by atoms with Crippen molar-refractivity contribution in [3.63, 3.8) is 0 Å². The van der Waals surface area contributed by atoms with Crippen LogP contribution in [0.15, 0.2) is 65.5 Å². The number of carbonyl (C=O) groups is 1. The van der Waals surface area contributed by atoms with E-state index in [-0.39, 0.29) is 29.9 Å². The highest BCUT2D eigenvalue weighted by Gasteiger charge is 2.30. The number of hydrogen-bond donors (Lipinski definition) is 1. The smallest absolute Gasteiger partial charge is 0.416 e. The quantitative estimate of drug-likeness (QED) is 0.637. The van der Waals surface area contributed by atoms with Crippen LogP contribution >= 0.6 is 0 Å². The lowest BCUT2D eigenvalue weighted by Crippen LogP contribution is -2.27.